The largest absolute Gasteiger partial charge is 0.344 e. The summed E-state index contributed by atoms with van der Waals surface area (Å²) in [5.41, 5.74) is 0.353. The first-order valence-electron chi connectivity index (χ1n) is 5.61. The Morgan fingerprint density at radius 2 is 1.89 bits per heavy atom. The Balaban J connectivity index is 1.99. The van der Waals surface area contributed by atoms with Crippen molar-refractivity contribution >= 4 is 11.9 Å². The van der Waals surface area contributed by atoms with Crippen molar-refractivity contribution in [1.82, 2.24) is 19.6 Å². The normalized spacial score (nSPS) is 15.3. The molecule has 0 aliphatic carbocycles. The molecular formula is C11H13N5O2. The summed E-state index contributed by atoms with van der Waals surface area (Å²) in [5, 5.41) is 12.5. The number of nitriles is 1. The third-order valence-electron chi connectivity index (χ3n) is 2.90. The molecule has 1 aromatic heterocycles. The number of carbonyl (C=O) groups is 2. The number of amides is 2. The lowest BCUT2D eigenvalue weighted by molar-refractivity contribution is -0.130. The number of aromatic nitrogens is 2. The Labute approximate surface area is 104 Å². The molecule has 0 radical (unpaired) electrons. The molecule has 1 aromatic rings. The smallest absolute Gasteiger partial charge is 0.339 e. The Morgan fingerprint density at radius 3 is 2.39 bits per heavy atom. The molecule has 0 saturated carbocycles. The van der Waals surface area contributed by atoms with Crippen molar-refractivity contribution in [2.24, 2.45) is 0 Å². The summed E-state index contributed by atoms with van der Waals surface area (Å²) in [4.78, 5) is 26.5. The zero-order valence-corrected chi connectivity index (χ0v) is 10.0. The van der Waals surface area contributed by atoms with E-state index in [0.29, 0.717) is 31.7 Å². The number of hydrogen-bond donors (Lipinski definition) is 0. The van der Waals surface area contributed by atoms with Crippen molar-refractivity contribution in [3.63, 3.8) is 0 Å². The van der Waals surface area contributed by atoms with Crippen LogP contribution >= 0.6 is 0 Å². The number of hydrogen-bond acceptors (Lipinski definition) is 4. The quantitative estimate of drug-likeness (QED) is 0.640. The van der Waals surface area contributed by atoms with Crippen LogP contribution in [0.2, 0.25) is 0 Å². The molecule has 2 amide bonds. The van der Waals surface area contributed by atoms with Crippen molar-refractivity contribution in [2.45, 2.75) is 6.92 Å². The zero-order chi connectivity index (χ0) is 13.1. The van der Waals surface area contributed by atoms with E-state index in [1.165, 1.54) is 19.3 Å². The van der Waals surface area contributed by atoms with E-state index in [2.05, 4.69) is 5.10 Å². The van der Waals surface area contributed by atoms with E-state index in [0.717, 1.165) is 4.68 Å². The molecule has 0 bridgehead atoms. The van der Waals surface area contributed by atoms with Crippen LogP contribution in [-0.4, -0.2) is 57.7 Å². The van der Waals surface area contributed by atoms with Crippen LogP contribution in [0.25, 0.3) is 0 Å². The molecule has 2 heterocycles. The van der Waals surface area contributed by atoms with E-state index in [4.69, 9.17) is 5.26 Å². The van der Waals surface area contributed by atoms with Gasteiger partial charge in [-0.3, -0.25) is 4.79 Å². The van der Waals surface area contributed by atoms with Gasteiger partial charge >= 0.3 is 6.03 Å². The Kier molecular flexibility index (Phi) is 3.28. The lowest BCUT2D eigenvalue weighted by Gasteiger charge is -2.33. The summed E-state index contributed by atoms with van der Waals surface area (Å²) in [6, 6.07) is 1.66. The van der Waals surface area contributed by atoms with Gasteiger partial charge in [-0.1, -0.05) is 0 Å². The number of piperazine rings is 1. The van der Waals surface area contributed by atoms with Gasteiger partial charge in [0.15, 0.2) is 0 Å². The Hall–Kier alpha value is -2.36. The van der Waals surface area contributed by atoms with Gasteiger partial charge in [0.2, 0.25) is 5.91 Å². The fourth-order valence-electron chi connectivity index (χ4n) is 1.84. The molecule has 7 heteroatoms. The lowest BCUT2D eigenvalue weighted by atomic mass is 10.3. The molecule has 18 heavy (non-hydrogen) atoms. The SMILES string of the molecule is CC(=O)N1CCN(C(=O)n2cc(C#N)cn2)CC1. The van der Waals surface area contributed by atoms with E-state index < -0.39 is 0 Å². The predicted molar refractivity (Wildman–Crippen MR) is 61.6 cm³/mol. The number of rotatable bonds is 0. The highest BCUT2D eigenvalue weighted by Crippen LogP contribution is 2.05. The van der Waals surface area contributed by atoms with Crippen LogP contribution in [0, 0.1) is 11.3 Å². The standard InChI is InChI=1S/C11H13N5O2/c1-9(17)14-2-4-15(5-3-14)11(18)16-8-10(6-12)7-13-16/h7-8H,2-5H2,1H3. The van der Waals surface area contributed by atoms with Crippen molar-refractivity contribution in [2.75, 3.05) is 26.2 Å². The fraction of sp³-hybridized carbons (Fsp3) is 0.455. The number of carbonyl (C=O) groups excluding carboxylic acids is 2. The highest BCUT2D eigenvalue weighted by Gasteiger charge is 2.23. The second kappa shape index (κ2) is 4.87. The summed E-state index contributed by atoms with van der Waals surface area (Å²) in [6.45, 7) is 3.56. The second-order valence-electron chi connectivity index (χ2n) is 4.06. The number of nitrogens with zero attached hydrogens (tertiary/aromatic N) is 5. The summed E-state index contributed by atoms with van der Waals surface area (Å²) in [6.07, 6.45) is 2.75. The van der Waals surface area contributed by atoms with Gasteiger partial charge in [0.1, 0.15) is 6.07 Å². The third-order valence-corrected chi connectivity index (χ3v) is 2.90. The van der Waals surface area contributed by atoms with Gasteiger partial charge in [-0.25, -0.2) is 4.79 Å². The van der Waals surface area contributed by atoms with Crippen molar-refractivity contribution < 1.29 is 9.59 Å². The lowest BCUT2D eigenvalue weighted by Crippen LogP contribution is -2.51. The first-order chi connectivity index (χ1) is 8.61. The third kappa shape index (κ3) is 2.32. The summed E-state index contributed by atoms with van der Waals surface area (Å²) in [7, 11) is 0. The van der Waals surface area contributed by atoms with Crippen LogP contribution < -0.4 is 0 Å². The molecule has 1 aliphatic heterocycles. The maximum absolute atomic E-state index is 12.0. The topological polar surface area (TPSA) is 82.2 Å². The first-order valence-corrected chi connectivity index (χ1v) is 5.61. The van der Waals surface area contributed by atoms with Gasteiger partial charge in [-0.2, -0.15) is 15.0 Å². The molecular weight excluding hydrogens is 234 g/mol. The Bertz CT molecular complexity index is 508. The first kappa shape index (κ1) is 12.1. The van der Waals surface area contributed by atoms with Crippen LogP contribution in [0.1, 0.15) is 12.5 Å². The van der Waals surface area contributed by atoms with E-state index in [1.54, 1.807) is 9.80 Å². The minimum Gasteiger partial charge on any atom is -0.339 e. The molecule has 0 N–H and O–H groups in total. The minimum absolute atomic E-state index is 0.0213. The van der Waals surface area contributed by atoms with E-state index >= 15 is 0 Å². The molecule has 1 saturated heterocycles. The molecule has 94 valence electrons. The summed E-state index contributed by atoms with van der Waals surface area (Å²) < 4.78 is 1.15. The fourth-order valence-corrected chi connectivity index (χ4v) is 1.84. The maximum atomic E-state index is 12.0. The van der Waals surface area contributed by atoms with Crippen LogP contribution in [0.15, 0.2) is 12.4 Å². The molecule has 1 fully saturated rings. The summed E-state index contributed by atoms with van der Waals surface area (Å²) in [5.74, 6) is 0.0213. The maximum Gasteiger partial charge on any atom is 0.344 e. The van der Waals surface area contributed by atoms with E-state index in [1.807, 2.05) is 6.07 Å². The molecule has 0 unspecified atom stereocenters. The van der Waals surface area contributed by atoms with Crippen molar-refractivity contribution in [3.8, 4) is 6.07 Å². The minimum atomic E-state index is -0.264. The van der Waals surface area contributed by atoms with E-state index in [-0.39, 0.29) is 11.9 Å². The second-order valence-corrected chi connectivity index (χ2v) is 4.06. The molecule has 0 atom stereocenters. The van der Waals surface area contributed by atoms with Gasteiger partial charge in [0.05, 0.1) is 18.0 Å². The zero-order valence-electron chi connectivity index (χ0n) is 10.0. The van der Waals surface area contributed by atoms with Crippen molar-refractivity contribution in [3.05, 3.63) is 18.0 Å². The van der Waals surface area contributed by atoms with Gasteiger partial charge in [-0.05, 0) is 0 Å². The van der Waals surface area contributed by atoms with Gasteiger partial charge < -0.3 is 9.80 Å². The van der Waals surface area contributed by atoms with E-state index in [9.17, 15) is 9.59 Å². The molecule has 7 nitrogen and oxygen atoms in total. The van der Waals surface area contributed by atoms with Crippen LogP contribution in [-0.2, 0) is 4.79 Å². The molecule has 2 rings (SSSR count). The van der Waals surface area contributed by atoms with Gasteiger partial charge in [-0.15, -0.1) is 0 Å². The van der Waals surface area contributed by atoms with Gasteiger partial charge in [0, 0.05) is 33.1 Å². The molecule has 1 aliphatic rings. The highest BCUT2D eigenvalue weighted by molar-refractivity contribution is 5.77. The van der Waals surface area contributed by atoms with Crippen LogP contribution in [0.3, 0.4) is 0 Å². The molecule has 0 spiro atoms. The Morgan fingerprint density at radius 1 is 1.28 bits per heavy atom. The monoisotopic (exact) mass is 247 g/mol. The van der Waals surface area contributed by atoms with Crippen LogP contribution in [0.4, 0.5) is 4.79 Å². The van der Waals surface area contributed by atoms with Crippen molar-refractivity contribution in [1.29, 1.82) is 5.26 Å². The predicted octanol–water partition coefficient (Wildman–Crippen LogP) is -0.113. The average molecular weight is 247 g/mol. The van der Waals surface area contributed by atoms with Gasteiger partial charge in [0.25, 0.3) is 0 Å². The average Bonchev–Trinajstić information content (AvgIpc) is 2.86. The highest BCUT2D eigenvalue weighted by atomic mass is 16.2. The van der Waals surface area contributed by atoms with Crippen LogP contribution in [0.5, 0.6) is 0 Å². The molecule has 0 aromatic carbocycles. The summed E-state index contributed by atoms with van der Waals surface area (Å²) >= 11 is 0.